The molecule has 3 rings (SSSR count). The van der Waals surface area contributed by atoms with Crippen molar-refractivity contribution >= 4 is 15.8 Å². The van der Waals surface area contributed by atoms with Gasteiger partial charge in [-0.25, -0.2) is 13.1 Å². The lowest BCUT2D eigenvalue weighted by Gasteiger charge is -2.23. The summed E-state index contributed by atoms with van der Waals surface area (Å²) in [6.07, 6.45) is -0.865. The number of hydrogen-bond acceptors (Lipinski definition) is 6. The average Bonchev–Trinajstić information content (AvgIpc) is 2.83. The third-order valence-corrected chi connectivity index (χ3v) is 7.22. The van der Waals surface area contributed by atoms with Crippen LogP contribution in [-0.2, 0) is 15.4 Å². The van der Waals surface area contributed by atoms with Crippen LogP contribution in [0.4, 0.5) is 0 Å². The first-order valence-corrected chi connectivity index (χ1v) is 13.6. The van der Waals surface area contributed by atoms with Gasteiger partial charge in [-0.05, 0) is 74.7 Å². The Morgan fingerprint density at radius 1 is 0.892 bits per heavy atom. The number of rotatable bonds is 10. The van der Waals surface area contributed by atoms with Gasteiger partial charge >= 0.3 is 0 Å². The fourth-order valence-corrected chi connectivity index (χ4v) is 5.19. The molecule has 0 saturated carbocycles. The van der Waals surface area contributed by atoms with Crippen LogP contribution in [0.3, 0.4) is 0 Å². The Kier molecular flexibility index (Phi) is 8.66. The summed E-state index contributed by atoms with van der Waals surface area (Å²) in [5, 5.41) is 0. The standard InChI is InChI=1S/C29H35NO6S.H2/c1-19(2)30-37(32,33)27-17-21(13-15-26(27)36-22-11-9-8-10-12-22)28(31)20(3)35-23-14-16-25(34-7)24(18-23)29(4,5)6;/h8-20,30H,1-7H3;1H. The molecule has 1 unspecified atom stereocenters. The molecule has 1 N–H and O–H groups in total. The molecule has 0 aromatic heterocycles. The van der Waals surface area contributed by atoms with Gasteiger partial charge in [-0.15, -0.1) is 0 Å². The van der Waals surface area contributed by atoms with E-state index in [9.17, 15) is 13.2 Å². The lowest BCUT2D eigenvalue weighted by atomic mass is 9.86. The number of carbonyl (C=O) groups excluding carboxylic acids is 1. The highest BCUT2D eigenvalue weighted by atomic mass is 32.2. The second kappa shape index (κ2) is 11.4. The summed E-state index contributed by atoms with van der Waals surface area (Å²) >= 11 is 0. The Morgan fingerprint density at radius 2 is 1.54 bits per heavy atom. The largest absolute Gasteiger partial charge is 0.496 e. The second-order valence-electron chi connectivity index (χ2n) is 10.1. The third kappa shape index (κ3) is 7.11. The first-order chi connectivity index (χ1) is 17.3. The van der Waals surface area contributed by atoms with Crippen molar-refractivity contribution in [3.8, 4) is 23.0 Å². The minimum Gasteiger partial charge on any atom is -0.496 e. The number of carbonyl (C=O) groups is 1. The van der Waals surface area contributed by atoms with Gasteiger partial charge in [0.1, 0.15) is 27.9 Å². The highest BCUT2D eigenvalue weighted by Gasteiger charge is 2.26. The number of hydrogen-bond donors (Lipinski definition) is 1. The van der Waals surface area contributed by atoms with Crippen molar-refractivity contribution in [2.45, 2.75) is 64.0 Å². The Hall–Kier alpha value is -3.36. The maximum Gasteiger partial charge on any atom is 0.244 e. The van der Waals surface area contributed by atoms with Crippen LogP contribution in [0.1, 0.15) is 58.9 Å². The molecule has 0 spiro atoms. The minimum atomic E-state index is -3.96. The number of methoxy groups -OCH3 is 1. The fraction of sp³-hybridized carbons (Fsp3) is 0.345. The highest BCUT2D eigenvalue weighted by molar-refractivity contribution is 7.89. The number of benzene rings is 3. The summed E-state index contributed by atoms with van der Waals surface area (Å²) in [6, 6.07) is 18.3. The molecule has 37 heavy (non-hydrogen) atoms. The van der Waals surface area contributed by atoms with Crippen molar-refractivity contribution < 1.29 is 28.8 Å². The van der Waals surface area contributed by atoms with Gasteiger partial charge in [0.25, 0.3) is 0 Å². The zero-order valence-corrected chi connectivity index (χ0v) is 23.2. The van der Waals surface area contributed by atoms with E-state index in [0.29, 0.717) is 11.5 Å². The summed E-state index contributed by atoms with van der Waals surface area (Å²) in [6.45, 7) is 11.3. The smallest absolute Gasteiger partial charge is 0.244 e. The van der Waals surface area contributed by atoms with Crippen LogP contribution >= 0.6 is 0 Å². The van der Waals surface area contributed by atoms with Gasteiger partial charge in [-0.2, -0.15) is 0 Å². The number of Topliss-reactive ketones (excluding diaryl/α,β-unsaturated/α-hetero) is 1. The summed E-state index contributed by atoms with van der Waals surface area (Å²) in [5.41, 5.74) is 0.948. The SMILES string of the molecule is COc1ccc(OC(C)C(=O)c2ccc(Oc3ccccc3)c(S(=O)(=O)NC(C)C)c2)cc1C(C)(C)C.[HH]. The Bertz CT molecular complexity index is 1350. The monoisotopic (exact) mass is 527 g/mol. The molecule has 0 heterocycles. The van der Waals surface area contributed by atoms with Gasteiger partial charge in [-0.1, -0.05) is 39.0 Å². The van der Waals surface area contributed by atoms with Crippen LogP contribution in [0, 0.1) is 0 Å². The zero-order chi connectivity index (χ0) is 27.4. The molecule has 0 bridgehead atoms. The molecular weight excluding hydrogens is 490 g/mol. The van der Waals surface area contributed by atoms with Crippen LogP contribution in [0.15, 0.2) is 71.6 Å². The van der Waals surface area contributed by atoms with E-state index >= 15 is 0 Å². The van der Waals surface area contributed by atoms with E-state index in [1.54, 1.807) is 64.3 Å². The molecule has 0 amide bonds. The number of ether oxygens (including phenoxy) is 3. The van der Waals surface area contributed by atoms with Crippen LogP contribution in [0.2, 0.25) is 0 Å². The second-order valence-corrected chi connectivity index (χ2v) is 11.8. The summed E-state index contributed by atoms with van der Waals surface area (Å²) < 4.78 is 46.2. The van der Waals surface area contributed by atoms with Crippen LogP contribution in [0.25, 0.3) is 0 Å². The molecule has 8 heteroatoms. The molecule has 0 aliphatic rings. The number of para-hydroxylation sites is 1. The highest BCUT2D eigenvalue weighted by Crippen LogP contribution is 2.35. The lowest BCUT2D eigenvalue weighted by Crippen LogP contribution is -2.31. The van der Waals surface area contributed by atoms with Gasteiger partial charge in [-0.3, -0.25) is 4.79 Å². The van der Waals surface area contributed by atoms with Crippen molar-refractivity contribution in [1.82, 2.24) is 4.72 Å². The van der Waals surface area contributed by atoms with Crippen LogP contribution < -0.4 is 18.9 Å². The predicted molar refractivity (Wildman–Crippen MR) is 147 cm³/mol. The number of sulfonamides is 1. The number of ketones is 1. The third-order valence-electron chi connectivity index (χ3n) is 5.54. The van der Waals surface area contributed by atoms with E-state index in [2.05, 4.69) is 25.5 Å². The lowest BCUT2D eigenvalue weighted by molar-refractivity contribution is 0.0817. The molecule has 3 aromatic rings. The normalized spacial score (nSPS) is 12.8. The van der Waals surface area contributed by atoms with Gasteiger partial charge in [0.2, 0.25) is 15.8 Å². The van der Waals surface area contributed by atoms with E-state index in [4.69, 9.17) is 14.2 Å². The first kappa shape index (κ1) is 28.2. The van der Waals surface area contributed by atoms with Gasteiger partial charge in [0, 0.05) is 18.6 Å². The minimum absolute atomic E-state index is 0. The van der Waals surface area contributed by atoms with Gasteiger partial charge in [0.05, 0.1) is 7.11 Å². The summed E-state index contributed by atoms with van der Waals surface area (Å²) in [7, 11) is -2.35. The van der Waals surface area contributed by atoms with E-state index < -0.39 is 16.1 Å². The quantitative estimate of drug-likeness (QED) is 0.308. The van der Waals surface area contributed by atoms with E-state index in [1.807, 2.05) is 18.2 Å². The molecule has 3 aromatic carbocycles. The Morgan fingerprint density at radius 3 is 2.14 bits per heavy atom. The van der Waals surface area contributed by atoms with Crippen molar-refractivity contribution in [2.75, 3.05) is 7.11 Å². The summed E-state index contributed by atoms with van der Waals surface area (Å²) in [4.78, 5) is 13.2. The molecular formula is C29H37NO6S. The molecule has 0 radical (unpaired) electrons. The van der Waals surface area contributed by atoms with E-state index in [-0.39, 0.29) is 34.9 Å². The van der Waals surface area contributed by atoms with Crippen molar-refractivity contribution in [3.05, 3.63) is 77.9 Å². The zero-order valence-electron chi connectivity index (χ0n) is 22.4. The maximum absolute atomic E-state index is 13.3. The molecule has 0 aliphatic heterocycles. The first-order valence-electron chi connectivity index (χ1n) is 12.1. The summed E-state index contributed by atoms with van der Waals surface area (Å²) in [5.74, 6) is 1.49. The predicted octanol–water partition coefficient (Wildman–Crippen LogP) is 6.37. The van der Waals surface area contributed by atoms with E-state index in [0.717, 1.165) is 11.3 Å². The maximum atomic E-state index is 13.3. The Balaban J connectivity index is 0.00000507. The molecule has 0 saturated heterocycles. The van der Waals surface area contributed by atoms with Crippen LogP contribution in [-0.4, -0.2) is 33.5 Å². The van der Waals surface area contributed by atoms with Gasteiger partial charge in [0.15, 0.2) is 6.10 Å². The topological polar surface area (TPSA) is 90.9 Å². The van der Waals surface area contributed by atoms with E-state index in [1.165, 1.54) is 12.1 Å². The van der Waals surface area contributed by atoms with Crippen LogP contribution in [0.5, 0.6) is 23.0 Å². The Labute approximate surface area is 221 Å². The average molecular weight is 528 g/mol. The molecule has 1 atom stereocenters. The molecule has 0 fully saturated rings. The molecule has 7 nitrogen and oxygen atoms in total. The van der Waals surface area contributed by atoms with Crippen molar-refractivity contribution in [3.63, 3.8) is 0 Å². The van der Waals surface area contributed by atoms with Crippen molar-refractivity contribution in [2.24, 2.45) is 0 Å². The van der Waals surface area contributed by atoms with Gasteiger partial charge < -0.3 is 14.2 Å². The van der Waals surface area contributed by atoms with Crippen molar-refractivity contribution in [1.29, 1.82) is 0 Å². The molecule has 200 valence electrons. The fourth-order valence-electron chi connectivity index (χ4n) is 3.78. The number of nitrogens with one attached hydrogen (secondary N) is 1. The molecule has 0 aliphatic carbocycles.